The van der Waals surface area contributed by atoms with E-state index in [1.165, 1.54) is 11.3 Å². The van der Waals surface area contributed by atoms with Crippen molar-refractivity contribution in [3.05, 3.63) is 33.2 Å². The van der Waals surface area contributed by atoms with E-state index in [0.29, 0.717) is 18.8 Å². The lowest BCUT2D eigenvalue weighted by Gasteiger charge is -2.30. The Balaban J connectivity index is 2.03. The summed E-state index contributed by atoms with van der Waals surface area (Å²) >= 11 is 1.17. The highest BCUT2D eigenvalue weighted by molar-refractivity contribution is 7.07. The lowest BCUT2D eigenvalue weighted by molar-refractivity contribution is -0.125. The Morgan fingerprint density at radius 1 is 1.35 bits per heavy atom. The fourth-order valence-electron chi connectivity index (χ4n) is 2.69. The van der Waals surface area contributed by atoms with Crippen LogP contribution in [0.25, 0.3) is 11.3 Å². The Morgan fingerprint density at radius 3 is 2.87 bits per heavy atom. The quantitative estimate of drug-likeness (QED) is 0.923. The standard InChI is InChI=1S/C16H19N3O3S/c1-10-15(20)18(2)12-8-11(4-5-14(12)22-10)13-9-23-16(21)19(13)7-3-6-17/h4-5,8-10H,3,6-7,17H2,1-2H3. The van der Waals surface area contributed by atoms with Crippen molar-refractivity contribution in [3.63, 3.8) is 0 Å². The zero-order chi connectivity index (χ0) is 16.6. The molecule has 7 heteroatoms. The van der Waals surface area contributed by atoms with Gasteiger partial charge in [0.05, 0.1) is 11.4 Å². The van der Waals surface area contributed by atoms with Gasteiger partial charge >= 0.3 is 4.87 Å². The number of thiazole rings is 1. The molecule has 1 unspecified atom stereocenters. The van der Waals surface area contributed by atoms with E-state index in [9.17, 15) is 9.59 Å². The maximum atomic E-state index is 12.1. The predicted octanol–water partition coefficient (Wildman–Crippen LogP) is 1.67. The molecular weight excluding hydrogens is 314 g/mol. The molecule has 0 fully saturated rings. The van der Waals surface area contributed by atoms with Crippen molar-refractivity contribution in [3.8, 4) is 17.0 Å². The highest BCUT2D eigenvalue weighted by Crippen LogP contribution is 2.36. The Hall–Kier alpha value is -2.12. The van der Waals surface area contributed by atoms with E-state index in [1.807, 2.05) is 23.6 Å². The van der Waals surface area contributed by atoms with Crippen molar-refractivity contribution < 1.29 is 9.53 Å². The van der Waals surface area contributed by atoms with Crippen LogP contribution in [0.2, 0.25) is 0 Å². The van der Waals surface area contributed by atoms with Gasteiger partial charge in [0, 0.05) is 24.5 Å². The normalized spacial score (nSPS) is 17.1. The number of nitrogens with zero attached hydrogens (tertiary/aromatic N) is 2. The third-order valence-electron chi connectivity index (χ3n) is 3.97. The lowest BCUT2D eigenvalue weighted by Crippen LogP contribution is -2.41. The van der Waals surface area contributed by atoms with Gasteiger partial charge in [0.25, 0.3) is 5.91 Å². The summed E-state index contributed by atoms with van der Waals surface area (Å²) in [6.45, 7) is 2.86. The number of benzene rings is 1. The van der Waals surface area contributed by atoms with Gasteiger partial charge in [0.15, 0.2) is 6.10 Å². The van der Waals surface area contributed by atoms with Gasteiger partial charge in [-0.2, -0.15) is 0 Å². The number of carbonyl (C=O) groups excluding carboxylic acids is 1. The number of hydrogen-bond acceptors (Lipinski definition) is 5. The molecule has 1 aromatic carbocycles. The predicted molar refractivity (Wildman–Crippen MR) is 91.2 cm³/mol. The number of likely N-dealkylation sites (N-methyl/N-ethyl adjacent to an activating group) is 1. The number of hydrogen-bond donors (Lipinski definition) is 1. The first-order valence-electron chi connectivity index (χ1n) is 7.50. The van der Waals surface area contributed by atoms with Gasteiger partial charge in [-0.25, -0.2) is 0 Å². The number of fused-ring (bicyclic) bond motifs is 1. The van der Waals surface area contributed by atoms with E-state index >= 15 is 0 Å². The molecule has 1 aliphatic rings. The van der Waals surface area contributed by atoms with Crippen molar-refractivity contribution >= 4 is 22.9 Å². The molecule has 0 spiro atoms. The van der Waals surface area contributed by atoms with Crippen molar-refractivity contribution in [2.75, 3.05) is 18.5 Å². The minimum atomic E-state index is -0.484. The fraction of sp³-hybridized carbons (Fsp3) is 0.375. The summed E-state index contributed by atoms with van der Waals surface area (Å²) < 4.78 is 7.36. The van der Waals surface area contributed by atoms with Crippen LogP contribution >= 0.6 is 11.3 Å². The monoisotopic (exact) mass is 333 g/mol. The maximum absolute atomic E-state index is 12.1. The van der Waals surface area contributed by atoms with Gasteiger partial charge in [-0.3, -0.25) is 14.2 Å². The van der Waals surface area contributed by atoms with Gasteiger partial charge in [0.2, 0.25) is 0 Å². The largest absolute Gasteiger partial charge is 0.479 e. The number of amides is 1. The van der Waals surface area contributed by atoms with Crippen LogP contribution < -0.4 is 20.2 Å². The summed E-state index contributed by atoms with van der Waals surface area (Å²) in [7, 11) is 1.74. The Kier molecular flexibility index (Phi) is 4.23. The highest BCUT2D eigenvalue weighted by atomic mass is 32.1. The molecule has 2 aromatic rings. The van der Waals surface area contributed by atoms with E-state index in [2.05, 4.69) is 0 Å². The first kappa shape index (κ1) is 15.8. The van der Waals surface area contributed by atoms with Gasteiger partial charge in [-0.05, 0) is 38.1 Å². The van der Waals surface area contributed by atoms with E-state index in [1.54, 1.807) is 23.4 Å². The Labute approximate surface area is 138 Å². The molecule has 0 radical (unpaired) electrons. The summed E-state index contributed by atoms with van der Waals surface area (Å²) in [4.78, 5) is 25.7. The second-order valence-electron chi connectivity index (χ2n) is 5.52. The van der Waals surface area contributed by atoms with Gasteiger partial charge in [0.1, 0.15) is 5.75 Å². The lowest BCUT2D eigenvalue weighted by atomic mass is 10.1. The third kappa shape index (κ3) is 2.77. The smallest absolute Gasteiger partial charge is 0.307 e. The number of anilines is 1. The van der Waals surface area contributed by atoms with E-state index in [0.717, 1.165) is 23.4 Å². The fourth-order valence-corrected chi connectivity index (χ4v) is 3.48. The molecule has 1 atom stereocenters. The first-order chi connectivity index (χ1) is 11.0. The maximum Gasteiger partial charge on any atom is 0.307 e. The first-order valence-corrected chi connectivity index (χ1v) is 8.38. The van der Waals surface area contributed by atoms with Crippen LogP contribution in [0.3, 0.4) is 0 Å². The minimum Gasteiger partial charge on any atom is -0.479 e. The summed E-state index contributed by atoms with van der Waals surface area (Å²) in [6, 6.07) is 5.65. The molecule has 0 bridgehead atoms. The average Bonchev–Trinajstić information content (AvgIpc) is 2.91. The molecule has 1 aliphatic heterocycles. The van der Waals surface area contributed by atoms with Crippen LogP contribution in [-0.2, 0) is 11.3 Å². The van der Waals surface area contributed by atoms with E-state index in [4.69, 9.17) is 10.5 Å². The molecular formula is C16H19N3O3S. The number of carbonyl (C=O) groups is 1. The molecule has 0 aliphatic carbocycles. The number of rotatable bonds is 4. The van der Waals surface area contributed by atoms with Crippen molar-refractivity contribution in [1.82, 2.24) is 4.57 Å². The van der Waals surface area contributed by atoms with Gasteiger partial charge in [-0.15, -0.1) is 0 Å². The summed E-state index contributed by atoms with van der Waals surface area (Å²) in [5, 5.41) is 1.84. The van der Waals surface area contributed by atoms with Crippen LogP contribution in [-0.4, -0.2) is 30.2 Å². The SMILES string of the molecule is CC1Oc2ccc(-c3csc(=O)n3CCCN)cc2N(C)C1=O. The van der Waals surface area contributed by atoms with Crippen molar-refractivity contribution in [2.24, 2.45) is 5.73 Å². The number of aromatic nitrogens is 1. The molecule has 2 heterocycles. The molecule has 0 saturated heterocycles. The van der Waals surface area contributed by atoms with Gasteiger partial charge in [-0.1, -0.05) is 11.3 Å². The van der Waals surface area contributed by atoms with Crippen LogP contribution in [0.4, 0.5) is 5.69 Å². The molecule has 1 amide bonds. The molecule has 0 saturated carbocycles. The van der Waals surface area contributed by atoms with Crippen LogP contribution in [0.5, 0.6) is 5.75 Å². The summed E-state index contributed by atoms with van der Waals surface area (Å²) in [6.07, 6.45) is 0.260. The van der Waals surface area contributed by atoms with Crippen molar-refractivity contribution in [2.45, 2.75) is 26.0 Å². The van der Waals surface area contributed by atoms with Crippen LogP contribution in [0.1, 0.15) is 13.3 Å². The second-order valence-corrected chi connectivity index (χ2v) is 6.34. The van der Waals surface area contributed by atoms with Crippen LogP contribution in [0, 0.1) is 0 Å². The molecule has 2 N–H and O–H groups in total. The average molecular weight is 333 g/mol. The van der Waals surface area contributed by atoms with Gasteiger partial charge < -0.3 is 15.4 Å². The zero-order valence-corrected chi connectivity index (χ0v) is 13.9. The highest BCUT2D eigenvalue weighted by Gasteiger charge is 2.29. The second kappa shape index (κ2) is 6.17. The van der Waals surface area contributed by atoms with E-state index < -0.39 is 6.10 Å². The number of nitrogens with two attached hydrogens (primary N) is 1. The van der Waals surface area contributed by atoms with E-state index in [-0.39, 0.29) is 10.8 Å². The number of ether oxygens (including phenoxy) is 1. The third-order valence-corrected chi connectivity index (χ3v) is 4.73. The van der Waals surface area contributed by atoms with Crippen LogP contribution in [0.15, 0.2) is 28.4 Å². The molecule has 122 valence electrons. The summed E-state index contributed by atoms with van der Waals surface area (Å²) in [5.41, 5.74) is 8.00. The topological polar surface area (TPSA) is 77.6 Å². The molecule has 1 aromatic heterocycles. The van der Waals surface area contributed by atoms with Crippen molar-refractivity contribution in [1.29, 1.82) is 0 Å². The summed E-state index contributed by atoms with van der Waals surface area (Å²) in [5.74, 6) is 0.593. The molecule has 23 heavy (non-hydrogen) atoms. The Morgan fingerprint density at radius 2 is 2.13 bits per heavy atom. The molecule has 3 rings (SSSR count). The Bertz CT molecular complexity index is 796. The minimum absolute atomic E-state index is 0.000439. The molecule has 6 nitrogen and oxygen atoms in total. The zero-order valence-electron chi connectivity index (χ0n) is 13.1.